The number of rotatable bonds is 7. The fraction of sp³-hybridized carbons (Fsp3) is 0.322. The Morgan fingerprint density at radius 3 is 1.11 bits per heavy atom. The Morgan fingerprint density at radius 1 is 0.506 bits per heavy atom. The summed E-state index contributed by atoms with van der Waals surface area (Å²) < 4.78 is 0. The summed E-state index contributed by atoms with van der Waals surface area (Å²) in [6.45, 7) is 11.3. The van der Waals surface area contributed by atoms with Crippen LogP contribution in [-0.2, 0) is 0 Å². The average molecular weight is 1110 g/mol. The van der Waals surface area contributed by atoms with Crippen molar-refractivity contribution < 1.29 is 54.9 Å². The van der Waals surface area contributed by atoms with Crippen LogP contribution in [0.5, 0.6) is 0 Å². The Bertz CT molecular complexity index is 2510. The molecule has 0 radical (unpaired) electrons. The number of hydrogen-bond acceptors (Lipinski definition) is 15. The molecule has 418 valence electrons. The summed E-state index contributed by atoms with van der Waals surface area (Å²) in [4.78, 5) is 27.4. The van der Waals surface area contributed by atoms with Gasteiger partial charge in [0.2, 0.25) is 5.15 Å². The Kier molecular flexibility index (Phi) is 38.0. The van der Waals surface area contributed by atoms with E-state index in [1.807, 2.05) is 70.2 Å². The number of halogens is 1. The van der Waals surface area contributed by atoms with Gasteiger partial charge in [0.1, 0.15) is 5.69 Å². The van der Waals surface area contributed by atoms with Crippen molar-refractivity contribution in [3.05, 3.63) is 230 Å². The molecule has 3 aliphatic heterocycles. The first-order chi connectivity index (χ1) is 37.4. The van der Waals surface area contributed by atoms with Crippen molar-refractivity contribution in [2.24, 2.45) is 17.2 Å². The molecule has 3 saturated heterocycles. The third-order valence-electron chi connectivity index (χ3n) is 12.1. The first-order valence-corrected chi connectivity index (χ1v) is 26.7. The molecule has 5 heterocycles. The van der Waals surface area contributed by atoms with Gasteiger partial charge in [0.05, 0.1) is 9.85 Å². The minimum atomic E-state index is -1.34. The maximum Gasteiger partial charge on any atom is 1.00 e. The molecule has 2 aromatic heterocycles. The molecule has 0 amide bonds. The zero-order chi connectivity index (χ0) is 56.2. The van der Waals surface area contributed by atoms with Crippen molar-refractivity contribution in [3.8, 4) is 11.3 Å². The molecule has 79 heavy (non-hydrogen) atoms. The summed E-state index contributed by atoms with van der Waals surface area (Å²) >= 11 is 5.37. The van der Waals surface area contributed by atoms with E-state index in [0.29, 0.717) is 29.3 Å². The van der Waals surface area contributed by atoms with Crippen LogP contribution in [0.4, 0.5) is 11.4 Å². The summed E-state index contributed by atoms with van der Waals surface area (Å²) in [6, 6.07) is 56.8. The van der Waals surface area contributed by atoms with Crippen molar-refractivity contribution >= 4 is 35.6 Å². The van der Waals surface area contributed by atoms with Crippen LogP contribution in [0.15, 0.2) is 188 Å². The largest absolute Gasteiger partial charge is 1.00 e. The van der Waals surface area contributed by atoms with E-state index in [-0.39, 0.29) is 69.7 Å². The van der Waals surface area contributed by atoms with Gasteiger partial charge in [0.15, 0.2) is 0 Å². The Balaban J connectivity index is 0.000000468. The number of nitrogens with one attached hydrogen (secondary N) is 3. The van der Waals surface area contributed by atoms with E-state index in [2.05, 4.69) is 98.7 Å². The van der Waals surface area contributed by atoms with Gasteiger partial charge in [-0.15, -0.1) is 0 Å². The van der Waals surface area contributed by atoms with Crippen molar-refractivity contribution in [2.75, 3.05) is 19.6 Å². The fourth-order valence-corrected chi connectivity index (χ4v) is 8.51. The number of nitro groups is 2. The molecular formula is C59H79BClN10NaO7. The van der Waals surface area contributed by atoms with Crippen molar-refractivity contribution in [2.45, 2.75) is 102 Å². The van der Waals surface area contributed by atoms with Gasteiger partial charge >= 0.3 is 42.4 Å². The van der Waals surface area contributed by atoms with Crippen LogP contribution in [-0.4, -0.2) is 80.2 Å². The Morgan fingerprint density at radius 2 is 0.823 bits per heavy atom. The van der Waals surface area contributed by atoms with Crippen LogP contribution in [0.2, 0.25) is 5.15 Å². The summed E-state index contributed by atoms with van der Waals surface area (Å²) in [6.07, 6.45) is 9.94. The SMILES string of the molecule is CC.CC.NC1CCCNC1c1ccccc1.N[C@H]1CCCN[C@H]1c1ccccc1.N[C@H]1CCCN[C@H]1c1ccccc1.O=[N+]([O-])c1cccnc1-c1ccccc1.O=[N+]([O-])c1cccnc1Cl.OB(O)c1ccccc1.[Na+].[OH-]. The summed E-state index contributed by atoms with van der Waals surface area (Å²) in [5.74, 6) is 0. The molecular weight excluding hydrogens is 1030 g/mol. The van der Waals surface area contributed by atoms with Crippen LogP contribution in [0, 0.1) is 20.2 Å². The van der Waals surface area contributed by atoms with Gasteiger partial charge in [-0.2, -0.15) is 0 Å². The minimum absolute atomic E-state index is 0. The number of aromatic nitrogens is 2. The Hall–Kier alpha value is -5.81. The zero-order valence-corrected chi connectivity index (χ0v) is 48.9. The topological polar surface area (TPSA) is 297 Å². The average Bonchev–Trinajstić information content (AvgIpc) is 3.49. The third kappa shape index (κ3) is 25.9. The molecule has 0 aliphatic carbocycles. The first-order valence-electron chi connectivity index (χ1n) is 26.4. The fourth-order valence-electron chi connectivity index (χ4n) is 8.32. The maximum absolute atomic E-state index is 10.8. The minimum Gasteiger partial charge on any atom is -0.870 e. The second kappa shape index (κ2) is 42.1. The molecule has 3 fully saturated rings. The van der Waals surface area contributed by atoms with E-state index >= 15 is 0 Å². The molecule has 0 saturated carbocycles. The van der Waals surface area contributed by atoms with Crippen molar-refractivity contribution in [1.82, 2.24) is 25.9 Å². The molecule has 12 N–H and O–H groups in total. The van der Waals surface area contributed by atoms with Gasteiger partial charge in [-0.05, 0) is 92.4 Å². The van der Waals surface area contributed by atoms with Crippen LogP contribution < -0.4 is 68.2 Å². The van der Waals surface area contributed by atoms with E-state index in [0.717, 1.165) is 44.5 Å². The molecule has 17 nitrogen and oxygen atoms in total. The molecule has 0 spiro atoms. The number of piperidine rings is 3. The number of nitrogens with two attached hydrogens (primary N) is 3. The normalized spacial score (nSPS) is 18.4. The number of benzene rings is 5. The number of hydrogen-bond donors (Lipinski definition) is 8. The van der Waals surface area contributed by atoms with Gasteiger partial charge in [0, 0.05) is 66.3 Å². The molecule has 7 aromatic rings. The van der Waals surface area contributed by atoms with Crippen LogP contribution in [0.1, 0.15) is 101 Å². The monoisotopic (exact) mass is 1110 g/mol. The molecule has 0 bridgehead atoms. The third-order valence-corrected chi connectivity index (χ3v) is 12.4. The van der Waals surface area contributed by atoms with Gasteiger partial charge < -0.3 is 48.7 Å². The molecule has 2 unspecified atom stereocenters. The van der Waals surface area contributed by atoms with Crippen molar-refractivity contribution in [3.63, 3.8) is 0 Å². The zero-order valence-electron chi connectivity index (χ0n) is 46.2. The van der Waals surface area contributed by atoms with Crippen LogP contribution in [0.25, 0.3) is 11.3 Å². The molecule has 6 atom stereocenters. The van der Waals surface area contributed by atoms with Gasteiger partial charge in [-0.1, -0.05) is 191 Å². The smallest absolute Gasteiger partial charge is 0.870 e. The number of nitrogens with zero attached hydrogens (tertiary/aromatic N) is 4. The standard InChI is InChI=1S/C11H8N2O2.3C11H16N2.C6H7BO2.C5H3ClN2O2.2C2H6.Na.H2O/c14-13(15)10-7-4-8-12-11(10)9-5-2-1-3-6-9;3*12-10-7-4-8-13-11(10)9-5-2-1-3-6-9;8-7(9)6-4-2-1-3-5-6;6-5-4(8(9)10)2-1-3-7-5;2*1-2;;/h1-8H;3*1-3,5-6,10-11,13H,4,7-8,12H2;1-5,8-9H;1-3H;2*1-2H3;;1H2/q;;;;;;;;+1;/p-1/t;2*10-,11-;;;;;;;/m.00......./s1. The molecule has 3 aliphatic rings. The van der Waals surface area contributed by atoms with E-state index < -0.39 is 17.0 Å². The predicted octanol–water partition coefficient (Wildman–Crippen LogP) is 6.86. The molecule has 10 rings (SSSR count). The van der Waals surface area contributed by atoms with E-state index in [9.17, 15) is 20.2 Å². The summed E-state index contributed by atoms with van der Waals surface area (Å²) in [7, 11) is -1.34. The van der Waals surface area contributed by atoms with Crippen LogP contribution in [0.3, 0.4) is 0 Å². The Labute approximate surface area is 494 Å². The first kappa shape index (κ1) is 71.2. The molecule has 5 aromatic carbocycles. The van der Waals surface area contributed by atoms with Crippen LogP contribution >= 0.6 is 11.6 Å². The second-order valence-corrected chi connectivity index (χ2v) is 17.7. The van der Waals surface area contributed by atoms with Crippen molar-refractivity contribution in [1.29, 1.82) is 0 Å². The summed E-state index contributed by atoms with van der Waals surface area (Å²) in [5, 5.41) is 48.3. The van der Waals surface area contributed by atoms with E-state index in [1.54, 1.807) is 48.7 Å². The molecule has 20 heteroatoms. The van der Waals surface area contributed by atoms with Gasteiger partial charge in [0.25, 0.3) is 5.69 Å². The summed E-state index contributed by atoms with van der Waals surface area (Å²) in [5.41, 5.74) is 23.6. The maximum atomic E-state index is 10.8. The second-order valence-electron chi connectivity index (χ2n) is 17.3. The number of pyridine rings is 2. The van der Waals surface area contributed by atoms with E-state index in [1.165, 1.54) is 60.3 Å². The van der Waals surface area contributed by atoms with E-state index in [4.69, 9.17) is 38.8 Å². The van der Waals surface area contributed by atoms with Gasteiger partial charge in [-0.25, -0.2) is 9.97 Å². The predicted molar refractivity (Wildman–Crippen MR) is 316 cm³/mol. The van der Waals surface area contributed by atoms with Gasteiger partial charge in [-0.3, -0.25) is 20.2 Å². The quantitative estimate of drug-likeness (QED) is 0.0350.